The Morgan fingerprint density at radius 1 is 1.17 bits per heavy atom. The summed E-state index contributed by atoms with van der Waals surface area (Å²) in [6, 6.07) is 12.4. The van der Waals surface area contributed by atoms with Crippen molar-refractivity contribution in [3.63, 3.8) is 0 Å². The van der Waals surface area contributed by atoms with Crippen molar-refractivity contribution in [3.05, 3.63) is 59.0 Å². The lowest BCUT2D eigenvalue weighted by molar-refractivity contribution is 0.0928. The molecule has 0 unspecified atom stereocenters. The van der Waals surface area contributed by atoms with Crippen molar-refractivity contribution in [2.45, 2.75) is 60.0 Å². The molecule has 1 aromatic carbocycles. The topological polar surface area (TPSA) is 50.4 Å². The van der Waals surface area contributed by atoms with Crippen LogP contribution in [0.2, 0.25) is 0 Å². The van der Waals surface area contributed by atoms with E-state index in [2.05, 4.69) is 66.7 Å². The first-order valence-corrected chi connectivity index (χ1v) is 11.1. The molecule has 0 bridgehead atoms. The first kappa shape index (κ1) is 22.2. The Kier molecular flexibility index (Phi) is 7.38. The SMILES string of the molecule is CCN(CC)CCC[C@H](C)NC(=O)c1cc2oc(C)cc2n1Cc1cccc(C)c1. The van der Waals surface area contributed by atoms with Gasteiger partial charge in [-0.15, -0.1) is 0 Å². The van der Waals surface area contributed by atoms with Crippen LogP contribution in [-0.2, 0) is 6.54 Å². The van der Waals surface area contributed by atoms with Crippen molar-refractivity contribution < 1.29 is 9.21 Å². The molecule has 30 heavy (non-hydrogen) atoms. The Labute approximate surface area is 180 Å². The normalized spacial score (nSPS) is 12.6. The van der Waals surface area contributed by atoms with E-state index in [-0.39, 0.29) is 11.9 Å². The number of rotatable bonds is 10. The second kappa shape index (κ2) is 9.98. The summed E-state index contributed by atoms with van der Waals surface area (Å²) in [5.74, 6) is 0.816. The van der Waals surface area contributed by atoms with Gasteiger partial charge in [0.25, 0.3) is 5.91 Å². The summed E-state index contributed by atoms with van der Waals surface area (Å²) in [5.41, 5.74) is 4.77. The fourth-order valence-corrected chi connectivity index (χ4v) is 4.05. The summed E-state index contributed by atoms with van der Waals surface area (Å²) in [7, 11) is 0. The van der Waals surface area contributed by atoms with Crippen LogP contribution in [0.1, 0.15) is 61.0 Å². The quantitative estimate of drug-likeness (QED) is 0.504. The van der Waals surface area contributed by atoms with E-state index < -0.39 is 0 Å². The molecule has 0 aliphatic carbocycles. The van der Waals surface area contributed by atoms with E-state index in [1.54, 1.807) is 0 Å². The van der Waals surface area contributed by atoms with Gasteiger partial charge < -0.3 is 19.2 Å². The number of aryl methyl sites for hydroxylation is 2. The molecule has 1 amide bonds. The minimum atomic E-state index is -0.0398. The second-order valence-corrected chi connectivity index (χ2v) is 8.25. The number of fused-ring (bicyclic) bond motifs is 1. The van der Waals surface area contributed by atoms with Gasteiger partial charge in [0.1, 0.15) is 11.5 Å². The summed E-state index contributed by atoms with van der Waals surface area (Å²) < 4.78 is 7.88. The lowest BCUT2D eigenvalue weighted by atomic mass is 10.1. The lowest BCUT2D eigenvalue weighted by Gasteiger charge is -2.20. The monoisotopic (exact) mass is 409 g/mol. The molecule has 0 radical (unpaired) electrons. The predicted molar refractivity (Wildman–Crippen MR) is 123 cm³/mol. The van der Waals surface area contributed by atoms with Crippen molar-refractivity contribution >= 4 is 17.0 Å². The highest BCUT2D eigenvalue weighted by atomic mass is 16.3. The number of carbonyl (C=O) groups is 1. The number of benzene rings is 1. The van der Waals surface area contributed by atoms with Crippen molar-refractivity contribution in [2.75, 3.05) is 19.6 Å². The fourth-order valence-electron chi connectivity index (χ4n) is 4.05. The van der Waals surface area contributed by atoms with E-state index in [1.165, 1.54) is 11.1 Å². The Morgan fingerprint density at radius 2 is 1.93 bits per heavy atom. The van der Waals surface area contributed by atoms with Crippen molar-refractivity contribution in [3.8, 4) is 0 Å². The van der Waals surface area contributed by atoms with Gasteiger partial charge in [-0.2, -0.15) is 0 Å². The first-order valence-electron chi connectivity index (χ1n) is 11.1. The average molecular weight is 410 g/mol. The van der Waals surface area contributed by atoms with E-state index in [4.69, 9.17) is 4.42 Å². The molecule has 3 aromatic rings. The summed E-state index contributed by atoms with van der Waals surface area (Å²) in [5, 5.41) is 3.19. The van der Waals surface area contributed by atoms with Gasteiger partial charge in [-0.1, -0.05) is 43.7 Å². The Bertz CT molecular complexity index is 982. The molecular formula is C25H35N3O2. The predicted octanol–water partition coefficient (Wildman–Crippen LogP) is 5.14. The number of hydrogen-bond acceptors (Lipinski definition) is 3. The number of amides is 1. The van der Waals surface area contributed by atoms with Gasteiger partial charge in [0.05, 0.1) is 5.52 Å². The van der Waals surface area contributed by atoms with Crippen molar-refractivity contribution in [2.24, 2.45) is 0 Å². The van der Waals surface area contributed by atoms with Crippen LogP contribution in [0.3, 0.4) is 0 Å². The lowest BCUT2D eigenvalue weighted by Crippen LogP contribution is -2.35. The first-order chi connectivity index (χ1) is 14.4. The van der Waals surface area contributed by atoms with Crippen molar-refractivity contribution in [1.29, 1.82) is 0 Å². The maximum absolute atomic E-state index is 13.1. The standard InChI is InChI=1S/C25H35N3O2/c1-6-27(7-2)13-9-11-19(4)26-25(29)23-16-24-22(15-20(5)30-24)28(23)17-21-12-8-10-18(3)14-21/h8,10,12,14-16,19H,6-7,9,11,13,17H2,1-5H3,(H,26,29)/t19-/m0/s1. The molecule has 0 aliphatic rings. The third-order valence-corrected chi connectivity index (χ3v) is 5.75. The highest BCUT2D eigenvalue weighted by Gasteiger charge is 2.20. The third-order valence-electron chi connectivity index (χ3n) is 5.75. The minimum Gasteiger partial charge on any atom is -0.460 e. The van der Waals surface area contributed by atoms with Crippen LogP contribution < -0.4 is 5.32 Å². The number of hydrogen-bond donors (Lipinski definition) is 1. The van der Waals surface area contributed by atoms with Gasteiger partial charge in [-0.05, 0) is 58.8 Å². The molecule has 2 aromatic heterocycles. The highest BCUT2D eigenvalue weighted by molar-refractivity contribution is 5.97. The summed E-state index contributed by atoms with van der Waals surface area (Å²) in [4.78, 5) is 15.5. The second-order valence-electron chi connectivity index (χ2n) is 8.25. The van der Waals surface area contributed by atoms with Gasteiger partial charge in [0.2, 0.25) is 0 Å². The molecule has 5 heteroatoms. The van der Waals surface area contributed by atoms with Gasteiger partial charge in [0, 0.05) is 24.7 Å². The van der Waals surface area contributed by atoms with Crippen LogP contribution in [-0.4, -0.2) is 41.1 Å². The molecule has 0 fully saturated rings. The molecule has 0 saturated heterocycles. The van der Waals surface area contributed by atoms with Gasteiger partial charge >= 0.3 is 0 Å². The smallest absolute Gasteiger partial charge is 0.268 e. The third kappa shape index (κ3) is 5.33. The number of carbonyl (C=O) groups excluding carboxylic acids is 1. The van der Waals surface area contributed by atoms with Crippen LogP contribution in [0.4, 0.5) is 0 Å². The van der Waals surface area contributed by atoms with E-state index >= 15 is 0 Å². The highest BCUT2D eigenvalue weighted by Crippen LogP contribution is 2.25. The molecule has 0 saturated carbocycles. The summed E-state index contributed by atoms with van der Waals surface area (Å²) in [6.45, 7) is 14.3. The van der Waals surface area contributed by atoms with Gasteiger partial charge in [0.15, 0.2) is 5.58 Å². The number of furan rings is 1. The zero-order chi connectivity index (χ0) is 21.7. The maximum Gasteiger partial charge on any atom is 0.268 e. The molecular weight excluding hydrogens is 374 g/mol. The number of nitrogens with zero attached hydrogens (tertiary/aromatic N) is 2. The zero-order valence-electron chi connectivity index (χ0n) is 19.0. The van der Waals surface area contributed by atoms with Gasteiger partial charge in [-0.3, -0.25) is 4.79 Å². The van der Waals surface area contributed by atoms with Crippen LogP contribution in [0, 0.1) is 13.8 Å². The van der Waals surface area contributed by atoms with Crippen LogP contribution in [0.5, 0.6) is 0 Å². The van der Waals surface area contributed by atoms with Crippen LogP contribution in [0.25, 0.3) is 11.1 Å². The Morgan fingerprint density at radius 3 is 2.63 bits per heavy atom. The summed E-state index contributed by atoms with van der Waals surface area (Å²) in [6.07, 6.45) is 2.05. The number of nitrogens with one attached hydrogen (secondary N) is 1. The summed E-state index contributed by atoms with van der Waals surface area (Å²) >= 11 is 0. The molecule has 1 atom stereocenters. The zero-order valence-corrected chi connectivity index (χ0v) is 19.0. The van der Waals surface area contributed by atoms with Crippen LogP contribution in [0.15, 0.2) is 40.8 Å². The molecule has 0 spiro atoms. The minimum absolute atomic E-state index is 0.0398. The molecule has 0 aliphatic heterocycles. The Hall–Kier alpha value is -2.53. The van der Waals surface area contributed by atoms with Gasteiger partial charge in [-0.25, -0.2) is 0 Å². The molecule has 1 N–H and O–H groups in total. The number of aromatic nitrogens is 1. The largest absolute Gasteiger partial charge is 0.460 e. The average Bonchev–Trinajstić information content (AvgIpc) is 3.22. The van der Waals surface area contributed by atoms with Crippen molar-refractivity contribution in [1.82, 2.24) is 14.8 Å². The molecule has 2 heterocycles. The fraction of sp³-hybridized carbons (Fsp3) is 0.480. The van der Waals surface area contributed by atoms with Crippen LogP contribution >= 0.6 is 0 Å². The molecule has 5 nitrogen and oxygen atoms in total. The van der Waals surface area contributed by atoms with E-state index in [1.807, 2.05) is 19.1 Å². The maximum atomic E-state index is 13.1. The van der Waals surface area contributed by atoms with E-state index in [9.17, 15) is 4.79 Å². The molecule has 3 rings (SSSR count). The Balaban J connectivity index is 1.74. The van der Waals surface area contributed by atoms with E-state index in [0.717, 1.165) is 49.3 Å². The van der Waals surface area contributed by atoms with E-state index in [0.29, 0.717) is 12.2 Å². The molecule has 162 valence electrons.